The Bertz CT molecular complexity index is 966. The van der Waals surface area contributed by atoms with Gasteiger partial charge in [-0.3, -0.25) is 0 Å². The van der Waals surface area contributed by atoms with E-state index in [0.717, 1.165) is 40.8 Å². The van der Waals surface area contributed by atoms with E-state index in [1.54, 1.807) is 0 Å². The Labute approximate surface area is 157 Å². The molecule has 5 nitrogen and oxygen atoms in total. The highest BCUT2D eigenvalue weighted by molar-refractivity contribution is 7.88. The molecule has 1 unspecified atom stereocenters. The third-order valence-corrected chi connectivity index (χ3v) is 5.99. The molecule has 1 aromatic heterocycles. The molecule has 0 spiro atoms. The summed E-state index contributed by atoms with van der Waals surface area (Å²) in [6.07, 6.45) is -4.08. The van der Waals surface area contributed by atoms with Gasteiger partial charge in [-0.1, -0.05) is 0 Å². The van der Waals surface area contributed by atoms with E-state index >= 15 is 0 Å². The fourth-order valence-corrected chi connectivity index (χ4v) is 4.38. The molecule has 1 aliphatic rings. The van der Waals surface area contributed by atoms with E-state index in [1.807, 2.05) is 0 Å². The Morgan fingerprint density at radius 2 is 1.93 bits per heavy atom. The summed E-state index contributed by atoms with van der Waals surface area (Å²) < 4.78 is 96.5. The number of sulfonamides is 1. The standard InChI is InChI=1S/C17H15F5N2O3S/c18-13-1-2-15(19)11(7-13)10-28(25,26)24-6-4-14(9-24)27-16-8-12(3-5-23-16)17(20,21)22/h1-3,5,7-8,14H,4,6,9-10H2. The van der Waals surface area contributed by atoms with Gasteiger partial charge in [-0.25, -0.2) is 22.2 Å². The molecule has 1 saturated heterocycles. The SMILES string of the molecule is O=S(=O)(Cc1cc(F)ccc1F)N1CCC(Oc2cc(C(F)(F)F)ccn2)C1. The summed E-state index contributed by atoms with van der Waals surface area (Å²) in [5, 5.41) is 0. The molecule has 1 aromatic carbocycles. The number of hydrogen-bond donors (Lipinski definition) is 0. The third-order valence-electron chi connectivity index (χ3n) is 4.20. The number of aromatic nitrogens is 1. The second-order valence-corrected chi connectivity index (χ2v) is 8.23. The summed E-state index contributed by atoms with van der Waals surface area (Å²) in [4.78, 5) is 3.71. The summed E-state index contributed by atoms with van der Waals surface area (Å²) in [5.41, 5.74) is -1.23. The van der Waals surface area contributed by atoms with Gasteiger partial charge in [0.2, 0.25) is 15.9 Å². The fraction of sp³-hybridized carbons (Fsp3) is 0.353. The summed E-state index contributed by atoms with van der Waals surface area (Å²) in [5.74, 6) is -2.60. The van der Waals surface area contributed by atoms with Crippen LogP contribution < -0.4 is 4.74 Å². The summed E-state index contributed by atoms with van der Waals surface area (Å²) in [6, 6.07) is 4.07. The van der Waals surface area contributed by atoms with Gasteiger partial charge in [0.25, 0.3) is 0 Å². The number of pyridine rings is 1. The monoisotopic (exact) mass is 422 g/mol. The van der Waals surface area contributed by atoms with E-state index < -0.39 is 45.3 Å². The van der Waals surface area contributed by atoms with Gasteiger partial charge in [0.05, 0.1) is 17.9 Å². The van der Waals surface area contributed by atoms with Crippen molar-refractivity contribution in [2.45, 2.75) is 24.5 Å². The maximum absolute atomic E-state index is 13.7. The molecule has 1 aliphatic heterocycles. The molecule has 0 radical (unpaired) electrons. The first-order valence-electron chi connectivity index (χ1n) is 8.16. The van der Waals surface area contributed by atoms with Crippen LogP contribution in [0.5, 0.6) is 5.88 Å². The Hall–Kier alpha value is -2.27. The van der Waals surface area contributed by atoms with Crippen LogP contribution in [-0.2, 0) is 22.0 Å². The minimum atomic E-state index is -4.55. The topological polar surface area (TPSA) is 59.5 Å². The van der Waals surface area contributed by atoms with Gasteiger partial charge < -0.3 is 4.74 Å². The lowest BCUT2D eigenvalue weighted by Gasteiger charge is -2.17. The van der Waals surface area contributed by atoms with Crippen LogP contribution in [0, 0.1) is 11.6 Å². The van der Waals surface area contributed by atoms with Gasteiger partial charge in [0.15, 0.2) is 0 Å². The Morgan fingerprint density at radius 3 is 2.64 bits per heavy atom. The van der Waals surface area contributed by atoms with Crippen molar-refractivity contribution in [2.24, 2.45) is 0 Å². The van der Waals surface area contributed by atoms with Crippen LogP contribution in [0.2, 0.25) is 0 Å². The van der Waals surface area contributed by atoms with Crippen molar-refractivity contribution in [3.63, 3.8) is 0 Å². The molecule has 1 atom stereocenters. The van der Waals surface area contributed by atoms with Crippen LogP contribution >= 0.6 is 0 Å². The van der Waals surface area contributed by atoms with Crippen LogP contribution in [-0.4, -0.2) is 36.9 Å². The van der Waals surface area contributed by atoms with Crippen molar-refractivity contribution in [3.8, 4) is 5.88 Å². The zero-order chi connectivity index (χ0) is 20.5. The van der Waals surface area contributed by atoms with E-state index in [1.165, 1.54) is 0 Å². The van der Waals surface area contributed by atoms with Gasteiger partial charge in [-0.05, 0) is 30.7 Å². The minimum Gasteiger partial charge on any atom is -0.473 e. The predicted molar refractivity (Wildman–Crippen MR) is 88.8 cm³/mol. The van der Waals surface area contributed by atoms with Gasteiger partial charge in [-0.2, -0.15) is 17.5 Å². The second-order valence-electron chi connectivity index (χ2n) is 6.26. The zero-order valence-corrected chi connectivity index (χ0v) is 15.1. The molecule has 0 bridgehead atoms. The van der Waals surface area contributed by atoms with Crippen molar-refractivity contribution in [1.29, 1.82) is 0 Å². The maximum atomic E-state index is 13.7. The van der Waals surface area contributed by atoms with Crippen molar-refractivity contribution in [1.82, 2.24) is 9.29 Å². The molecule has 2 aromatic rings. The highest BCUT2D eigenvalue weighted by Gasteiger charge is 2.34. The zero-order valence-electron chi connectivity index (χ0n) is 14.3. The first-order chi connectivity index (χ1) is 13.0. The number of nitrogens with zero attached hydrogens (tertiary/aromatic N) is 2. The smallest absolute Gasteiger partial charge is 0.416 e. The Balaban J connectivity index is 1.67. The van der Waals surface area contributed by atoms with E-state index in [2.05, 4.69) is 4.98 Å². The average Bonchev–Trinajstić information content (AvgIpc) is 3.07. The molecular weight excluding hydrogens is 407 g/mol. The first-order valence-corrected chi connectivity index (χ1v) is 9.77. The van der Waals surface area contributed by atoms with Crippen LogP contribution in [0.1, 0.15) is 17.5 Å². The Kier molecular flexibility index (Phi) is 5.57. The quantitative estimate of drug-likeness (QED) is 0.694. The number of benzene rings is 1. The first kappa shape index (κ1) is 20.5. The van der Waals surface area contributed by atoms with Crippen LogP contribution in [0.4, 0.5) is 22.0 Å². The third kappa shape index (κ3) is 4.76. The van der Waals surface area contributed by atoms with Gasteiger partial charge in [-0.15, -0.1) is 0 Å². The minimum absolute atomic E-state index is 0.0445. The van der Waals surface area contributed by atoms with Gasteiger partial charge in [0.1, 0.15) is 17.7 Å². The molecule has 152 valence electrons. The van der Waals surface area contributed by atoms with Crippen LogP contribution in [0.25, 0.3) is 0 Å². The summed E-state index contributed by atoms with van der Waals surface area (Å²) in [7, 11) is -3.96. The number of rotatable bonds is 5. The van der Waals surface area contributed by atoms with E-state index in [4.69, 9.17) is 4.74 Å². The number of halogens is 5. The molecular formula is C17H15F5N2O3S. The second kappa shape index (κ2) is 7.63. The molecule has 1 fully saturated rings. The number of alkyl halides is 3. The summed E-state index contributed by atoms with van der Waals surface area (Å²) in [6.45, 7) is -0.0832. The molecule has 3 rings (SSSR count). The van der Waals surface area contributed by atoms with E-state index in [-0.39, 0.29) is 31.0 Å². The molecule has 2 heterocycles. The van der Waals surface area contributed by atoms with Gasteiger partial charge >= 0.3 is 6.18 Å². The van der Waals surface area contributed by atoms with Crippen molar-refractivity contribution in [2.75, 3.05) is 13.1 Å². The van der Waals surface area contributed by atoms with Crippen molar-refractivity contribution in [3.05, 3.63) is 59.3 Å². The van der Waals surface area contributed by atoms with Gasteiger partial charge in [0, 0.05) is 24.4 Å². The largest absolute Gasteiger partial charge is 0.473 e. The average molecular weight is 422 g/mol. The summed E-state index contributed by atoms with van der Waals surface area (Å²) >= 11 is 0. The molecule has 0 N–H and O–H groups in total. The van der Waals surface area contributed by atoms with Crippen LogP contribution in [0.3, 0.4) is 0 Å². The predicted octanol–water partition coefficient (Wildman–Crippen LogP) is 3.36. The van der Waals surface area contributed by atoms with Crippen LogP contribution in [0.15, 0.2) is 36.5 Å². The highest BCUT2D eigenvalue weighted by atomic mass is 32.2. The molecule has 11 heteroatoms. The molecule has 0 saturated carbocycles. The van der Waals surface area contributed by atoms with Crippen molar-refractivity contribution < 1.29 is 35.1 Å². The van der Waals surface area contributed by atoms with E-state index in [0.29, 0.717) is 0 Å². The lowest BCUT2D eigenvalue weighted by molar-refractivity contribution is -0.137. The lowest BCUT2D eigenvalue weighted by atomic mass is 10.2. The normalized spacial score (nSPS) is 18.4. The van der Waals surface area contributed by atoms with Crippen molar-refractivity contribution >= 4 is 10.0 Å². The maximum Gasteiger partial charge on any atom is 0.416 e. The molecule has 0 aliphatic carbocycles. The molecule has 28 heavy (non-hydrogen) atoms. The highest BCUT2D eigenvalue weighted by Crippen LogP contribution is 2.31. The number of hydrogen-bond acceptors (Lipinski definition) is 4. The van der Waals surface area contributed by atoms with E-state index in [9.17, 15) is 30.4 Å². The molecule has 0 amide bonds. The fourth-order valence-electron chi connectivity index (χ4n) is 2.81. The Morgan fingerprint density at radius 1 is 1.18 bits per heavy atom. The number of ether oxygens (including phenoxy) is 1. The lowest BCUT2D eigenvalue weighted by Crippen LogP contribution is -2.32.